The third-order valence-electron chi connectivity index (χ3n) is 2.04. The predicted molar refractivity (Wildman–Crippen MR) is 71.6 cm³/mol. The van der Waals surface area contributed by atoms with E-state index >= 15 is 0 Å². The maximum atomic E-state index is 5.32. The molecule has 2 aromatic heterocycles. The number of rotatable bonds is 2. The molecular formula is C11H13BrN4OS. The first kappa shape index (κ1) is 13.5. The molecule has 0 unspecified atom stereocenters. The van der Waals surface area contributed by atoms with Crippen molar-refractivity contribution in [3.8, 4) is 0 Å². The number of aromatic nitrogens is 4. The fourth-order valence-corrected chi connectivity index (χ4v) is 2.46. The van der Waals surface area contributed by atoms with E-state index in [1.54, 1.807) is 6.92 Å². The Hall–Kier alpha value is -0.950. The standard InChI is InChI=1S/C11H13BrN4OS/c1-6-15-16-10(17-6)18-8-5-7(12)13-9(14-8)11(2,3)4/h5H,1-4H3. The van der Waals surface area contributed by atoms with Crippen molar-refractivity contribution < 1.29 is 4.42 Å². The molecule has 0 N–H and O–H groups in total. The zero-order chi connectivity index (χ0) is 13.3. The van der Waals surface area contributed by atoms with E-state index in [2.05, 4.69) is 56.9 Å². The summed E-state index contributed by atoms with van der Waals surface area (Å²) in [6.07, 6.45) is 0. The van der Waals surface area contributed by atoms with Gasteiger partial charge in [-0.3, -0.25) is 0 Å². The van der Waals surface area contributed by atoms with Gasteiger partial charge in [0.25, 0.3) is 5.22 Å². The van der Waals surface area contributed by atoms with Crippen LogP contribution in [-0.4, -0.2) is 20.2 Å². The summed E-state index contributed by atoms with van der Waals surface area (Å²) >= 11 is 4.72. The summed E-state index contributed by atoms with van der Waals surface area (Å²) in [5, 5.41) is 8.98. The van der Waals surface area contributed by atoms with Crippen molar-refractivity contribution in [2.24, 2.45) is 0 Å². The highest BCUT2D eigenvalue weighted by atomic mass is 79.9. The van der Waals surface area contributed by atoms with Crippen molar-refractivity contribution in [2.75, 3.05) is 0 Å². The SMILES string of the molecule is Cc1nnc(Sc2cc(Br)nc(C(C)(C)C)n2)o1. The molecule has 2 aromatic rings. The third-order valence-corrected chi connectivity index (χ3v) is 3.21. The van der Waals surface area contributed by atoms with Crippen molar-refractivity contribution in [2.45, 2.75) is 43.4 Å². The van der Waals surface area contributed by atoms with Crippen molar-refractivity contribution in [1.29, 1.82) is 0 Å². The first-order valence-electron chi connectivity index (χ1n) is 5.37. The number of hydrogen-bond acceptors (Lipinski definition) is 6. The highest BCUT2D eigenvalue weighted by Gasteiger charge is 2.19. The maximum absolute atomic E-state index is 5.32. The molecule has 18 heavy (non-hydrogen) atoms. The second kappa shape index (κ2) is 4.97. The lowest BCUT2D eigenvalue weighted by molar-refractivity contribution is 0.429. The van der Waals surface area contributed by atoms with E-state index in [-0.39, 0.29) is 5.41 Å². The van der Waals surface area contributed by atoms with Gasteiger partial charge in [-0.15, -0.1) is 10.2 Å². The van der Waals surface area contributed by atoms with Crippen LogP contribution in [0.15, 0.2) is 25.3 Å². The van der Waals surface area contributed by atoms with Crippen LogP contribution in [0.2, 0.25) is 0 Å². The first-order valence-corrected chi connectivity index (χ1v) is 6.98. The highest BCUT2D eigenvalue weighted by Crippen LogP contribution is 2.29. The average molecular weight is 329 g/mol. The minimum atomic E-state index is -0.107. The lowest BCUT2D eigenvalue weighted by atomic mass is 9.96. The van der Waals surface area contributed by atoms with Gasteiger partial charge in [-0.25, -0.2) is 9.97 Å². The summed E-state index contributed by atoms with van der Waals surface area (Å²) in [7, 11) is 0. The molecule has 2 rings (SSSR count). The predicted octanol–water partition coefficient (Wildman–Crippen LogP) is 3.38. The molecule has 2 heterocycles. The van der Waals surface area contributed by atoms with E-state index < -0.39 is 0 Å². The molecule has 7 heteroatoms. The van der Waals surface area contributed by atoms with Crippen LogP contribution in [0.4, 0.5) is 0 Å². The van der Waals surface area contributed by atoms with Gasteiger partial charge in [0.1, 0.15) is 15.5 Å². The molecule has 0 amide bonds. The van der Waals surface area contributed by atoms with E-state index in [1.807, 2.05) is 6.07 Å². The summed E-state index contributed by atoms with van der Waals surface area (Å²) < 4.78 is 6.07. The molecule has 0 fully saturated rings. The Morgan fingerprint density at radius 2 is 1.94 bits per heavy atom. The van der Waals surface area contributed by atoms with Crippen molar-refractivity contribution >= 4 is 27.7 Å². The molecule has 0 radical (unpaired) electrons. The molecule has 0 saturated heterocycles. The molecule has 5 nitrogen and oxygen atoms in total. The largest absolute Gasteiger partial charge is 0.416 e. The summed E-state index contributed by atoms with van der Waals surface area (Å²) in [6, 6.07) is 1.83. The Morgan fingerprint density at radius 1 is 1.22 bits per heavy atom. The first-order chi connectivity index (χ1) is 8.34. The quantitative estimate of drug-likeness (QED) is 0.787. The fourth-order valence-electron chi connectivity index (χ4n) is 1.19. The fraction of sp³-hybridized carbons (Fsp3) is 0.455. The van der Waals surface area contributed by atoms with Crippen LogP contribution in [0.3, 0.4) is 0 Å². The third kappa shape index (κ3) is 3.29. The number of hydrogen-bond donors (Lipinski definition) is 0. The lowest BCUT2D eigenvalue weighted by Gasteiger charge is -2.16. The van der Waals surface area contributed by atoms with E-state index in [4.69, 9.17) is 4.42 Å². The van der Waals surface area contributed by atoms with Crippen molar-refractivity contribution in [1.82, 2.24) is 20.2 Å². The van der Waals surface area contributed by atoms with Crippen LogP contribution < -0.4 is 0 Å². The molecule has 96 valence electrons. The topological polar surface area (TPSA) is 64.7 Å². The van der Waals surface area contributed by atoms with Gasteiger partial charge in [-0.1, -0.05) is 20.8 Å². The zero-order valence-corrected chi connectivity index (χ0v) is 13.0. The summed E-state index contributed by atoms with van der Waals surface area (Å²) in [5.41, 5.74) is -0.107. The van der Waals surface area contributed by atoms with Crippen molar-refractivity contribution in [3.05, 3.63) is 22.4 Å². The number of nitrogens with zero attached hydrogens (tertiary/aromatic N) is 4. The molecule has 0 aliphatic carbocycles. The average Bonchev–Trinajstić information content (AvgIpc) is 2.61. The van der Waals surface area contributed by atoms with Crippen LogP contribution in [0.5, 0.6) is 0 Å². The molecule has 0 aromatic carbocycles. The zero-order valence-electron chi connectivity index (χ0n) is 10.6. The van der Waals surface area contributed by atoms with Gasteiger partial charge in [0, 0.05) is 18.4 Å². The summed E-state index contributed by atoms with van der Waals surface area (Å²) in [5.74, 6) is 1.32. The monoisotopic (exact) mass is 328 g/mol. The molecule has 0 aliphatic heterocycles. The van der Waals surface area contributed by atoms with Gasteiger partial charge in [-0.2, -0.15) is 0 Å². The summed E-state index contributed by atoms with van der Waals surface area (Å²) in [4.78, 5) is 8.88. The minimum Gasteiger partial charge on any atom is -0.416 e. The minimum absolute atomic E-state index is 0.107. The maximum Gasteiger partial charge on any atom is 0.282 e. The van der Waals surface area contributed by atoms with Gasteiger partial charge >= 0.3 is 0 Å². The number of halogens is 1. The smallest absolute Gasteiger partial charge is 0.282 e. The molecule has 0 saturated carbocycles. The molecule has 0 spiro atoms. The van der Waals surface area contributed by atoms with Crippen molar-refractivity contribution in [3.63, 3.8) is 0 Å². The van der Waals surface area contributed by atoms with Crippen LogP contribution >= 0.6 is 27.7 Å². The van der Waals surface area contributed by atoms with Gasteiger partial charge in [-0.05, 0) is 27.7 Å². The molecule has 0 bridgehead atoms. The van der Waals surface area contributed by atoms with E-state index in [0.717, 1.165) is 15.5 Å². The second-order valence-electron chi connectivity index (χ2n) is 4.79. The Labute approximate surface area is 118 Å². The lowest BCUT2D eigenvalue weighted by Crippen LogP contribution is -2.16. The second-order valence-corrected chi connectivity index (χ2v) is 6.58. The van der Waals surface area contributed by atoms with Crippen LogP contribution in [0.1, 0.15) is 32.5 Å². The number of aryl methyl sites for hydroxylation is 1. The molecule has 0 atom stereocenters. The summed E-state index contributed by atoms with van der Waals surface area (Å²) in [6.45, 7) is 7.97. The van der Waals surface area contributed by atoms with Crippen LogP contribution in [0, 0.1) is 6.92 Å². The van der Waals surface area contributed by atoms with Gasteiger partial charge in [0.2, 0.25) is 5.89 Å². The Bertz CT molecular complexity index is 564. The van der Waals surface area contributed by atoms with Gasteiger partial charge in [0.15, 0.2) is 0 Å². The van der Waals surface area contributed by atoms with E-state index in [0.29, 0.717) is 11.1 Å². The molecular weight excluding hydrogens is 316 g/mol. The Kier molecular flexibility index (Phi) is 3.72. The van der Waals surface area contributed by atoms with Crippen LogP contribution in [0.25, 0.3) is 0 Å². The normalized spacial score (nSPS) is 11.8. The van der Waals surface area contributed by atoms with Gasteiger partial charge in [0.05, 0.1) is 0 Å². The van der Waals surface area contributed by atoms with E-state index in [9.17, 15) is 0 Å². The van der Waals surface area contributed by atoms with Crippen LogP contribution in [-0.2, 0) is 5.41 Å². The Balaban J connectivity index is 2.31. The molecule has 0 aliphatic rings. The van der Waals surface area contributed by atoms with E-state index in [1.165, 1.54) is 11.8 Å². The highest BCUT2D eigenvalue weighted by molar-refractivity contribution is 9.10. The van der Waals surface area contributed by atoms with Gasteiger partial charge < -0.3 is 4.42 Å². The Morgan fingerprint density at radius 3 is 2.50 bits per heavy atom.